The van der Waals surface area contributed by atoms with Crippen LogP contribution in [0.2, 0.25) is 0 Å². The molecule has 5 nitrogen and oxygen atoms in total. The fourth-order valence-corrected chi connectivity index (χ4v) is 3.12. The normalized spacial score (nSPS) is 18.3. The molecular formula is C13H17NO4S. The van der Waals surface area contributed by atoms with Crippen LogP contribution in [0.5, 0.6) is 0 Å². The van der Waals surface area contributed by atoms with Crippen LogP contribution >= 0.6 is 11.3 Å². The third kappa shape index (κ3) is 3.13. The Labute approximate surface area is 115 Å². The Morgan fingerprint density at radius 1 is 1.32 bits per heavy atom. The molecule has 0 bridgehead atoms. The summed E-state index contributed by atoms with van der Waals surface area (Å²) in [5.41, 5.74) is 0. The molecule has 104 valence electrons. The van der Waals surface area contributed by atoms with Gasteiger partial charge in [-0.25, -0.2) is 4.79 Å². The maximum Gasteiger partial charge on any atom is 0.345 e. The first-order valence-electron chi connectivity index (χ1n) is 6.29. The second-order valence-electron chi connectivity index (χ2n) is 4.84. The molecule has 2 heterocycles. The molecule has 1 atom stereocenters. The van der Waals surface area contributed by atoms with Crippen molar-refractivity contribution >= 4 is 23.2 Å². The lowest BCUT2D eigenvalue weighted by atomic mass is 9.92. The lowest BCUT2D eigenvalue weighted by Crippen LogP contribution is -2.40. The summed E-state index contributed by atoms with van der Waals surface area (Å²) in [5, 5.41) is 18.4. The van der Waals surface area contributed by atoms with Crippen LogP contribution in [0, 0.1) is 5.92 Å². The number of nitrogens with zero attached hydrogens (tertiary/aromatic N) is 1. The number of carbonyl (C=O) groups excluding carboxylic acids is 1. The number of carboxylic acid groups (broad SMARTS) is 1. The number of carboxylic acids is 1. The highest BCUT2D eigenvalue weighted by atomic mass is 32.1. The first-order valence-corrected chi connectivity index (χ1v) is 7.11. The minimum Gasteiger partial charge on any atom is -0.477 e. The van der Waals surface area contributed by atoms with E-state index in [0.29, 0.717) is 18.0 Å². The summed E-state index contributed by atoms with van der Waals surface area (Å²) in [4.78, 5) is 25.4. The molecule has 0 saturated carbocycles. The molecule has 0 spiro atoms. The first-order chi connectivity index (χ1) is 8.99. The van der Waals surface area contributed by atoms with Crippen LogP contribution in [0.4, 0.5) is 0 Å². The number of amides is 1. The predicted octanol–water partition coefficient (Wildman–Crippen LogP) is 1.68. The maximum absolute atomic E-state index is 12.2. The van der Waals surface area contributed by atoms with Crippen LogP contribution in [-0.4, -0.2) is 46.2 Å². The van der Waals surface area contributed by atoms with Crippen molar-refractivity contribution in [2.75, 3.05) is 13.1 Å². The number of carbonyl (C=O) groups is 2. The average molecular weight is 283 g/mol. The maximum atomic E-state index is 12.2. The summed E-state index contributed by atoms with van der Waals surface area (Å²) in [6.07, 6.45) is 1.25. The number of piperidine rings is 1. The number of rotatable bonds is 3. The zero-order valence-electron chi connectivity index (χ0n) is 10.7. The second kappa shape index (κ2) is 5.71. The van der Waals surface area contributed by atoms with E-state index in [-0.39, 0.29) is 22.8 Å². The number of thiophene rings is 1. The van der Waals surface area contributed by atoms with Gasteiger partial charge in [-0.2, -0.15) is 0 Å². The van der Waals surface area contributed by atoms with Gasteiger partial charge in [-0.1, -0.05) is 0 Å². The zero-order valence-corrected chi connectivity index (χ0v) is 11.5. The Hall–Kier alpha value is -1.40. The van der Waals surface area contributed by atoms with Gasteiger partial charge in [-0.3, -0.25) is 4.79 Å². The molecule has 0 aliphatic carbocycles. The highest BCUT2D eigenvalue weighted by Gasteiger charge is 2.26. The lowest BCUT2D eigenvalue weighted by Gasteiger charge is -2.33. The van der Waals surface area contributed by atoms with E-state index >= 15 is 0 Å². The SMILES string of the molecule is CC(O)C1CCN(C(=O)c2ccc(C(=O)O)s2)CC1. The number of aliphatic hydroxyl groups excluding tert-OH is 1. The molecule has 6 heteroatoms. The number of likely N-dealkylation sites (tertiary alicyclic amines) is 1. The van der Waals surface area contributed by atoms with Gasteiger partial charge in [0.05, 0.1) is 11.0 Å². The van der Waals surface area contributed by atoms with E-state index in [1.165, 1.54) is 6.07 Å². The van der Waals surface area contributed by atoms with Crippen LogP contribution in [0.15, 0.2) is 12.1 Å². The van der Waals surface area contributed by atoms with Crippen LogP contribution in [0.3, 0.4) is 0 Å². The molecule has 1 amide bonds. The van der Waals surface area contributed by atoms with Crippen molar-refractivity contribution in [3.8, 4) is 0 Å². The van der Waals surface area contributed by atoms with Crippen LogP contribution in [-0.2, 0) is 0 Å². The topological polar surface area (TPSA) is 77.8 Å². The summed E-state index contributed by atoms with van der Waals surface area (Å²) >= 11 is 1.01. The van der Waals surface area contributed by atoms with Gasteiger partial charge >= 0.3 is 5.97 Å². The van der Waals surface area contributed by atoms with Crippen molar-refractivity contribution in [1.82, 2.24) is 4.90 Å². The lowest BCUT2D eigenvalue weighted by molar-refractivity contribution is 0.0525. The summed E-state index contributed by atoms with van der Waals surface area (Å²) < 4.78 is 0. The Kier molecular flexibility index (Phi) is 4.21. The molecule has 2 N–H and O–H groups in total. The van der Waals surface area contributed by atoms with E-state index in [1.54, 1.807) is 17.9 Å². The smallest absolute Gasteiger partial charge is 0.345 e. The van der Waals surface area contributed by atoms with Crippen molar-refractivity contribution in [1.29, 1.82) is 0 Å². The highest BCUT2D eigenvalue weighted by Crippen LogP contribution is 2.24. The fourth-order valence-electron chi connectivity index (χ4n) is 2.31. The fraction of sp³-hybridized carbons (Fsp3) is 0.538. The molecule has 1 aromatic heterocycles. The quantitative estimate of drug-likeness (QED) is 0.884. The van der Waals surface area contributed by atoms with E-state index in [9.17, 15) is 14.7 Å². The van der Waals surface area contributed by atoms with Gasteiger partial charge in [0.2, 0.25) is 0 Å². The number of hydrogen-bond donors (Lipinski definition) is 2. The standard InChI is InChI=1S/C13H17NO4S/c1-8(15)9-4-6-14(7-5-9)12(16)10-2-3-11(19-10)13(17)18/h2-3,8-9,15H,4-7H2,1H3,(H,17,18). The van der Waals surface area contributed by atoms with Gasteiger partial charge < -0.3 is 15.1 Å². The molecule has 1 saturated heterocycles. The summed E-state index contributed by atoms with van der Waals surface area (Å²) in [6.45, 7) is 3.02. The van der Waals surface area contributed by atoms with Gasteiger partial charge in [-0.05, 0) is 37.8 Å². The highest BCUT2D eigenvalue weighted by molar-refractivity contribution is 7.15. The molecule has 2 rings (SSSR count). The minimum absolute atomic E-state index is 0.110. The van der Waals surface area contributed by atoms with Gasteiger partial charge in [0.15, 0.2) is 0 Å². The van der Waals surface area contributed by atoms with Crippen LogP contribution < -0.4 is 0 Å². The Balaban J connectivity index is 1.99. The monoisotopic (exact) mass is 283 g/mol. The number of aromatic carboxylic acids is 1. The molecule has 1 unspecified atom stereocenters. The van der Waals surface area contributed by atoms with Crippen molar-refractivity contribution in [3.63, 3.8) is 0 Å². The van der Waals surface area contributed by atoms with Crippen molar-refractivity contribution in [2.45, 2.75) is 25.9 Å². The zero-order chi connectivity index (χ0) is 14.0. The molecule has 1 aliphatic heterocycles. The van der Waals surface area contributed by atoms with Gasteiger partial charge in [0, 0.05) is 13.1 Å². The van der Waals surface area contributed by atoms with E-state index in [0.717, 1.165) is 24.2 Å². The van der Waals surface area contributed by atoms with Crippen molar-refractivity contribution in [3.05, 3.63) is 21.9 Å². The van der Waals surface area contributed by atoms with E-state index in [4.69, 9.17) is 5.11 Å². The molecule has 0 radical (unpaired) electrons. The molecule has 1 aliphatic rings. The summed E-state index contributed by atoms with van der Waals surface area (Å²) in [6, 6.07) is 3.03. The first kappa shape index (κ1) is 14.0. The number of aliphatic hydroxyl groups is 1. The Bertz CT molecular complexity index is 475. The molecule has 1 fully saturated rings. The minimum atomic E-state index is -1.00. The molecule has 19 heavy (non-hydrogen) atoms. The van der Waals surface area contributed by atoms with Crippen LogP contribution in [0.1, 0.15) is 39.1 Å². The van der Waals surface area contributed by atoms with E-state index < -0.39 is 5.97 Å². The average Bonchev–Trinajstić information content (AvgIpc) is 2.87. The Morgan fingerprint density at radius 2 is 1.89 bits per heavy atom. The van der Waals surface area contributed by atoms with E-state index in [2.05, 4.69) is 0 Å². The Morgan fingerprint density at radius 3 is 2.37 bits per heavy atom. The van der Waals surface area contributed by atoms with Gasteiger partial charge in [-0.15, -0.1) is 11.3 Å². The third-order valence-electron chi connectivity index (χ3n) is 3.54. The summed E-state index contributed by atoms with van der Waals surface area (Å²) in [5.74, 6) is -0.861. The van der Waals surface area contributed by atoms with Gasteiger partial charge in [0.25, 0.3) is 5.91 Å². The predicted molar refractivity (Wildman–Crippen MR) is 71.6 cm³/mol. The second-order valence-corrected chi connectivity index (χ2v) is 5.92. The van der Waals surface area contributed by atoms with E-state index in [1.807, 2.05) is 0 Å². The third-order valence-corrected chi connectivity index (χ3v) is 4.60. The summed E-state index contributed by atoms with van der Waals surface area (Å²) in [7, 11) is 0. The number of hydrogen-bond acceptors (Lipinski definition) is 4. The molecule has 0 aromatic carbocycles. The molecule has 1 aromatic rings. The van der Waals surface area contributed by atoms with Crippen molar-refractivity contribution < 1.29 is 19.8 Å². The van der Waals surface area contributed by atoms with Gasteiger partial charge in [0.1, 0.15) is 4.88 Å². The van der Waals surface area contributed by atoms with Crippen molar-refractivity contribution in [2.24, 2.45) is 5.92 Å². The van der Waals surface area contributed by atoms with Crippen LogP contribution in [0.25, 0.3) is 0 Å². The largest absolute Gasteiger partial charge is 0.477 e. The molecular weight excluding hydrogens is 266 g/mol.